The highest BCUT2D eigenvalue weighted by atomic mass is 35.5. The molecular formula is C21H26ClN3O3. The molecule has 1 aliphatic rings. The molecule has 6 nitrogen and oxygen atoms in total. The summed E-state index contributed by atoms with van der Waals surface area (Å²) in [6, 6.07) is 15.0. The average Bonchev–Trinajstić information content (AvgIpc) is 3.06. The van der Waals surface area contributed by atoms with Crippen LogP contribution in [-0.2, 0) is 16.0 Å². The first-order valence-corrected chi connectivity index (χ1v) is 9.22. The Balaban J connectivity index is 0.00000280. The molecule has 0 spiro atoms. The molecule has 1 saturated heterocycles. The third-order valence-electron chi connectivity index (χ3n) is 4.64. The van der Waals surface area contributed by atoms with Crippen LogP contribution in [0.3, 0.4) is 0 Å². The molecule has 1 unspecified atom stereocenters. The zero-order valence-electron chi connectivity index (χ0n) is 15.9. The van der Waals surface area contributed by atoms with Crippen molar-refractivity contribution < 1.29 is 14.3 Å². The van der Waals surface area contributed by atoms with Crippen LogP contribution in [-0.4, -0.2) is 31.5 Å². The van der Waals surface area contributed by atoms with Gasteiger partial charge < -0.3 is 20.7 Å². The lowest BCUT2D eigenvalue weighted by atomic mass is 10.1. The molecule has 7 heteroatoms. The number of amides is 2. The molecule has 150 valence electrons. The van der Waals surface area contributed by atoms with Crippen molar-refractivity contribution in [2.24, 2.45) is 5.92 Å². The van der Waals surface area contributed by atoms with E-state index in [0.717, 1.165) is 23.4 Å². The topological polar surface area (TPSA) is 84.7 Å². The molecule has 0 radical (unpaired) electrons. The van der Waals surface area contributed by atoms with E-state index < -0.39 is 0 Å². The van der Waals surface area contributed by atoms with Crippen molar-refractivity contribution >= 4 is 35.6 Å². The van der Waals surface area contributed by atoms with Crippen LogP contribution in [0, 0.1) is 5.92 Å². The summed E-state index contributed by atoms with van der Waals surface area (Å²) >= 11 is 0. The summed E-state index contributed by atoms with van der Waals surface area (Å²) in [5, 5.41) is 2.94. The average molecular weight is 404 g/mol. The fourth-order valence-electron chi connectivity index (χ4n) is 3.23. The van der Waals surface area contributed by atoms with Gasteiger partial charge in [0.05, 0.1) is 18.2 Å². The molecular weight excluding hydrogens is 378 g/mol. The van der Waals surface area contributed by atoms with Gasteiger partial charge in [-0.15, -0.1) is 12.4 Å². The number of benzene rings is 2. The fourth-order valence-corrected chi connectivity index (χ4v) is 3.23. The number of hydrogen-bond donors (Lipinski definition) is 2. The Labute approximate surface area is 171 Å². The second-order valence-electron chi connectivity index (χ2n) is 6.59. The van der Waals surface area contributed by atoms with Crippen LogP contribution in [0.15, 0.2) is 48.5 Å². The van der Waals surface area contributed by atoms with Gasteiger partial charge in [-0.2, -0.15) is 0 Å². The van der Waals surface area contributed by atoms with Crippen molar-refractivity contribution in [2.45, 2.75) is 19.8 Å². The molecule has 1 atom stereocenters. The summed E-state index contributed by atoms with van der Waals surface area (Å²) in [7, 11) is 0. The number of hydrogen-bond acceptors (Lipinski definition) is 4. The summed E-state index contributed by atoms with van der Waals surface area (Å²) in [6.45, 7) is 3.33. The van der Waals surface area contributed by atoms with E-state index in [9.17, 15) is 9.59 Å². The van der Waals surface area contributed by atoms with E-state index in [1.54, 1.807) is 4.90 Å². The number of carbonyl (C=O) groups is 2. The summed E-state index contributed by atoms with van der Waals surface area (Å²) in [5.41, 5.74) is 8.23. The van der Waals surface area contributed by atoms with Crippen molar-refractivity contribution in [3.63, 3.8) is 0 Å². The molecule has 2 aromatic rings. The molecule has 1 heterocycles. The number of para-hydroxylation sites is 2. The van der Waals surface area contributed by atoms with Gasteiger partial charge >= 0.3 is 0 Å². The van der Waals surface area contributed by atoms with E-state index in [1.165, 1.54) is 0 Å². The Morgan fingerprint density at radius 2 is 1.93 bits per heavy atom. The van der Waals surface area contributed by atoms with E-state index in [2.05, 4.69) is 5.32 Å². The first-order valence-electron chi connectivity index (χ1n) is 9.22. The van der Waals surface area contributed by atoms with Gasteiger partial charge in [0.25, 0.3) is 0 Å². The predicted molar refractivity (Wildman–Crippen MR) is 113 cm³/mol. The summed E-state index contributed by atoms with van der Waals surface area (Å²) in [4.78, 5) is 26.6. The Bertz CT molecular complexity index is 811. The molecule has 0 bridgehead atoms. The number of carbonyl (C=O) groups excluding carboxylic acids is 2. The van der Waals surface area contributed by atoms with Gasteiger partial charge in [0, 0.05) is 25.2 Å². The minimum absolute atomic E-state index is 0. The SMILES string of the molecule is CCOc1ccccc1N1CC(C(=O)NCCc2ccc(N)cc2)CC1=O.Cl. The third kappa shape index (κ3) is 5.16. The maximum Gasteiger partial charge on any atom is 0.227 e. The minimum Gasteiger partial charge on any atom is -0.492 e. The van der Waals surface area contributed by atoms with Gasteiger partial charge in [0.2, 0.25) is 11.8 Å². The van der Waals surface area contributed by atoms with Gasteiger partial charge in [-0.25, -0.2) is 0 Å². The molecule has 1 fully saturated rings. The lowest BCUT2D eigenvalue weighted by molar-refractivity contribution is -0.126. The second kappa shape index (κ2) is 9.99. The van der Waals surface area contributed by atoms with E-state index >= 15 is 0 Å². The van der Waals surface area contributed by atoms with Gasteiger partial charge in [-0.05, 0) is 43.2 Å². The van der Waals surface area contributed by atoms with Crippen LogP contribution in [0.25, 0.3) is 0 Å². The zero-order chi connectivity index (χ0) is 19.2. The molecule has 28 heavy (non-hydrogen) atoms. The lowest BCUT2D eigenvalue weighted by Gasteiger charge is -2.20. The zero-order valence-corrected chi connectivity index (χ0v) is 16.7. The van der Waals surface area contributed by atoms with Crippen molar-refractivity contribution in [3.05, 3.63) is 54.1 Å². The van der Waals surface area contributed by atoms with Crippen LogP contribution in [0.4, 0.5) is 11.4 Å². The standard InChI is InChI=1S/C21H25N3O3.ClH/c1-2-27-19-6-4-3-5-18(19)24-14-16(13-20(24)25)21(26)23-12-11-15-7-9-17(22)10-8-15;/h3-10,16H,2,11-14,22H2,1H3,(H,23,26);1H. The Kier molecular flexibility index (Phi) is 7.70. The Morgan fingerprint density at radius 3 is 2.64 bits per heavy atom. The van der Waals surface area contributed by atoms with Crippen LogP contribution >= 0.6 is 12.4 Å². The Morgan fingerprint density at radius 1 is 1.21 bits per heavy atom. The number of nitrogen functional groups attached to an aromatic ring is 1. The van der Waals surface area contributed by atoms with Crippen molar-refractivity contribution in [1.82, 2.24) is 5.32 Å². The monoisotopic (exact) mass is 403 g/mol. The second-order valence-corrected chi connectivity index (χ2v) is 6.59. The van der Waals surface area contributed by atoms with Crippen LogP contribution in [0.1, 0.15) is 18.9 Å². The van der Waals surface area contributed by atoms with Gasteiger partial charge in [0.1, 0.15) is 5.75 Å². The highest BCUT2D eigenvalue weighted by Gasteiger charge is 2.36. The summed E-state index contributed by atoms with van der Waals surface area (Å²) in [6.07, 6.45) is 0.942. The quantitative estimate of drug-likeness (QED) is 0.696. The molecule has 3 N–H and O–H groups in total. The molecule has 1 aliphatic heterocycles. The first kappa shape index (κ1) is 21.6. The summed E-state index contributed by atoms with van der Waals surface area (Å²) in [5.74, 6) is 0.174. The predicted octanol–water partition coefficient (Wildman–Crippen LogP) is 2.80. The minimum atomic E-state index is -0.349. The number of nitrogens with one attached hydrogen (secondary N) is 1. The Hall–Kier alpha value is -2.73. The smallest absolute Gasteiger partial charge is 0.227 e. The number of ether oxygens (including phenoxy) is 1. The maximum absolute atomic E-state index is 12.5. The highest BCUT2D eigenvalue weighted by Crippen LogP contribution is 2.33. The van der Waals surface area contributed by atoms with Crippen molar-refractivity contribution in [3.8, 4) is 5.75 Å². The van der Waals surface area contributed by atoms with Crippen molar-refractivity contribution in [1.29, 1.82) is 0 Å². The largest absolute Gasteiger partial charge is 0.492 e. The number of anilines is 2. The number of rotatable bonds is 7. The van der Waals surface area contributed by atoms with Crippen LogP contribution < -0.4 is 20.7 Å². The first-order chi connectivity index (χ1) is 13.1. The van der Waals surface area contributed by atoms with E-state index in [4.69, 9.17) is 10.5 Å². The fraction of sp³-hybridized carbons (Fsp3) is 0.333. The van der Waals surface area contributed by atoms with Crippen LogP contribution in [0.5, 0.6) is 5.75 Å². The molecule has 2 aromatic carbocycles. The van der Waals surface area contributed by atoms with Crippen LogP contribution in [0.2, 0.25) is 0 Å². The normalized spacial score (nSPS) is 15.8. The van der Waals surface area contributed by atoms with E-state index in [1.807, 2.05) is 55.5 Å². The molecule has 3 rings (SSSR count). The third-order valence-corrected chi connectivity index (χ3v) is 4.64. The molecule has 0 saturated carbocycles. The van der Waals surface area contributed by atoms with Gasteiger partial charge in [-0.1, -0.05) is 24.3 Å². The van der Waals surface area contributed by atoms with E-state index in [-0.39, 0.29) is 36.6 Å². The highest BCUT2D eigenvalue weighted by molar-refractivity contribution is 6.01. The maximum atomic E-state index is 12.5. The lowest BCUT2D eigenvalue weighted by Crippen LogP contribution is -2.34. The number of nitrogens with two attached hydrogens (primary N) is 1. The number of halogens is 1. The van der Waals surface area contributed by atoms with Gasteiger partial charge in [0.15, 0.2) is 0 Å². The summed E-state index contributed by atoms with van der Waals surface area (Å²) < 4.78 is 5.61. The van der Waals surface area contributed by atoms with E-state index in [0.29, 0.717) is 25.4 Å². The van der Waals surface area contributed by atoms with Crippen molar-refractivity contribution in [2.75, 3.05) is 30.3 Å². The molecule has 0 aliphatic carbocycles. The van der Waals surface area contributed by atoms with Gasteiger partial charge in [-0.3, -0.25) is 9.59 Å². The molecule has 0 aromatic heterocycles. The number of nitrogens with zero attached hydrogens (tertiary/aromatic N) is 1. The molecule has 2 amide bonds.